The van der Waals surface area contributed by atoms with Crippen LogP contribution in [0.5, 0.6) is 0 Å². The van der Waals surface area contributed by atoms with Crippen LogP contribution in [0.15, 0.2) is 0 Å². The van der Waals surface area contributed by atoms with Gasteiger partial charge in [-0.2, -0.15) is 0 Å². The van der Waals surface area contributed by atoms with E-state index in [1.54, 1.807) is 0 Å². The first-order valence-electron chi connectivity index (χ1n) is 7.25. The molecule has 0 radical (unpaired) electrons. The molecule has 2 nitrogen and oxygen atoms in total. The van der Waals surface area contributed by atoms with Crippen molar-refractivity contribution in [3.05, 3.63) is 0 Å². The van der Waals surface area contributed by atoms with E-state index in [-0.39, 0.29) is 0 Å². The molecule has 0 fully saturated rings. The molecular weight excluding hydrogens is 208 g/mol. The Morgan fingerprint density at radius 3 is 1.88 bits per heavy atom. The Labute approximate surface area is 109 Å². The van der Waals surface area contributed by atoms with E-state index >= 15 is 0 Å². The highest BCUT2D eigenvalue weighted by molar-refractivity contribution is 4.60. The van der Waals surface area contributed by atoms with E-state index in [4.69, 9.17) is 0 Å². The first-order valence-corrected chi connectivity index (χ1v) is 7.25. The summed E-state index contributed by atoms with van der Waals surface area (Å²) in [5.41, 5.74) is 0. The van der Waals surface area contributed by atoms with Crippen molar-refractivity contribution in [1.82, 2.24) is 9.80 Å². The molecule has 0 bridgehead atoms. The summed E-state index contributed by atoms with van der Waals surface area (Å²) in [4.78, 5) is 4.77. The predicted octanol–water partition coefficient (Wildman–Crippen LogP) is 3.33. The maximum absolute atomic E-state index is 2.49. The highest BCUT2D eigenvalue weighted by atomic mass is 15.1. The van der Waals surface area contributed by atoms with E-state index in [0.717, 1.165) is 11.8 Å². The fourth-order valence-electron chi connectivity index (χ4n) is 1.93. The van der Waals surface area contributed by atoms with E-state index in [1.165, 1.54) is 45.3 Å². The average Bonchev–Trinajstić information content (AvgIpc) is 2.23. The minimum Gasteiger partial charge on any atom is -0.309 e. The molecule has 1 atom stereocenters. The topological polar surface area (TPSA) is 6.48 Å². The monoisotopic (exact) mass is 242 g/mol. The number of rotatable bonds is 10. The zero-order valence-electron chi connectivity index (χ0n) is 13.0. The minimum absolute atomic E-state index is 0.829. The van der Waals surface area contributed by atoms with Crippen LogP contribution in [-0.2, 0) is 0 Å². The van der Waals surface area contributed by atoms with Crippen molar-refractivity contribution >= 4 is 0 Å². The molecule has 0 saturated carbocycles. The van der Waals surface area contributed by atoms with Crippen LogP contribution in [-0.4, -0.2) is 50.6 Å². The fraction of sp³-hybridized carbons (Fsp3) is 1.00. The fourth-order valence-corrected chi connectivity index (χ4v) is 1.93. The van der Waals surface area contributed by atoms with E-state index in [9.17, 15) is 0 Å². The van der Waals surface area contributed by atoms with Gasteiger partial charge in [0.25, 0.3) is 0 Å². The molecule has 17 heavy (non-hydrogen) atoms. The van der Waals surface area contributed by atoms with E-state index in [0.29, 0.717) is 0 Å². The quantitative estimate of drug-likeness (QED) is 0.580. The lowest BCUT2D eigenvalue weighted by Crippen LogP contribution is -2.23. The largest absolute Gasteiger partial charge is 0.309 e. The molecule has 0 aromatic carbocycles. The van der Waals surface area contributed by atoms with Gasteiger partial charge in [-0.1, -0.05) is 20.8 Å². The molecule has 0 aromatic heterocycles. The SMILES string of the molecule is CC(C)CCN(C)CCC(C)CCCN(C)C. The van der Waals surface area contributed by atoms with Crippen LogP contribution < -0.4 is 0 Å². The lowest BCUT2D eigenvalue weighted by atomic mass is 10.0. The van der Waals surface area contributed by atoms with Crippen LogP contribution in [0.1, 0.15) is 46.5 Å². The zero-order valence-corrected chi connectivity index (χ0v) is 13.0. The second kappa shape index (κ2) is 9.90. The third kappa shape index (κ3) is 12.2. The van der Waals surface area contributed by atoms with Gasteiger partial charge in [0.05, 0.1) is 0 Å². The molecule has 0 rings (SSSR count). The summed E-state index contributed by atoms with van der Waals surface area (Å²) >= 11 is 0. The summed E-state index contributed by atoms with van der Waals surface area (Å²) in [5, 5.41) is 0. The molecule has 0 aliphatic heterocycles. The van der Waals surface area contributed by atoms with Crippen LogP contribution in [0.4, 0.5) is 0 Å². The molecule has 0 aliphatic rings. The summed E-state index contributed by atoms with van der Waals surface area (Å²) in [6, 6.07) is 0. The van der Waals surface area contributed by atoms with Gasteiger partial charge in [-0.05, 0) is 78.3 Å². The summed E-state index contributed by atoms with van der Waals surface area (Å²) < 4.78 is 0. The first-order chi connectivity index (χ1) is 7.91. The predicted molar refractivity (Wildman–Crippen MR) is 78.5 cm³/mol. The molecule has 0 aromatic rings. The maximum atomic E-state index is 2.49. The van der Waals surface area contributed by atoms with Gasteiger partial charge < -0.3 is 9.80 Å². The van der Waals surface area contributed by atoms with Crippen molar-refractivity contribution in [2.75, 3.05) is 40.8 Å². The molecule has 0 saturated heterocycles. The van der Waals surface area contributed by atoms with Crippen molar-refractivity contribution in [3.63, 3.8) is 0 Å². The van der Waals surface area contributed by atoms with Gasteiger partial charge in [0.1, 0.15) is 0 Å². The number of hydrogen-bond donors (Lipinski definition) is 0. The lowest BCUT2D eigenvalue weighted by molar-refractivity contribution is 0.278. The Balaban J connectivity index is 3.45. The summed E-state index contributed by atoms with van der Waals surface area (Å²) in [6.45, 7) is 10.7. The van der Waals surface area contributed by atoms with Crippen LogP contribution in [0, 0.1) is 11.8 Å². The molecule has 0 aliphatic carbocycles. The van der Waals surface area contributed by atoms with Gasteiger partial charge in [-0.25, -0.2) is 0 Å². The highest BCUT2D eigenvalue weighted by Crippen LogP contribution is 2.11. The van der Waals surface area contributed by atoms with Gasteiger partial charge in [-0.3, -0.25) is 0 Å². The van der Waals surface area contributed by atoms with Crippen LogP contribution in [0.25, 0.3) is 0 Å². The standard InChI is InChI=1S/C15H34N2/c1-14(2)9-12-17(6)13-10-15(3)8-7-11-16(4)5/h14-15H,7-13H2,1-6H3. The van der Waals surface area contributed by atoms with Crippen LogP contribution in [0.3, 0.4) is 0 Å². The second-order valence-corrected chi connectivity index (χ2v) is 6.33. The Hall–Kier alpha value is -0.0800. The van der Waals surface area contributed by atoms with Crippen molar-refractivity contribution in [2.45, 2.75) is 46.5 Å². The third-order valence-corrected chi connectivity index (χ3v) is 3.39. The molecule has 0 spiro atoms. The van der Waals surface area contributed by atoms with E-state index in [1.807, 2.05) is 0 Å². The van der Waals surface area contributed by atoms with Crippen LogP contribution >= 0.6 is 0 Å². The molecular formula is C15H34N2. The van der Waals surface area contributed by atoms with Gasteiger partial charge in [0.2, 0.25) is 0 Å². The molecule has 0 N–H and O–H groups in total. The normalized spacial score (nSPS) is 13.9. The van der Waals surface area contributed by atoms with Gasteiger partial charge in [0.15, 0.2) is 0 Å². The van der Waals surface area contributed by atoms with E-state index in [2.05, 4.69) is 51.7 Å². The van der Waals surface area contributed by atoms with E-state index < -0.39 is 0 Å². The number of hydrogen-bond acceptors (Lipinski definition) is 2. The lowest BCUT2D eigenvalue weighted by Gasteiger charge is -2.20. The second-order valence-electron chi connectivity index (χ2n) is 6.33. The average molecular weight is 242 g/mol. The van der Waals surface area contributed by atoms with Gasteiger partial charge >= 0.3 is 0 Å². The molecule has 0 heterocycles. The zero-order chi connectivity index (χ0) is 13.3. The van der Waals surface area contributed by atoms with Gasteiger partial charge in [0, 0.05) is 0 Å². The van der Waals surface area contributed by atoms with Gasteiger partial charge in [-0.15, -0.1) is 0 Å². The molecule has 104 valence electrons. The first kappa shape index (κ1) is 16.9. The van der Waals surface area contributed by atoms with Crippen molar-refractivity contribution in [2.24, 2.45) is 11.8 Å². The van der Waals surface area contributed by atoms with Crippen molar-refractivity contribution < 1.29 is 0 Å². The Morgan fingerprint density at radius 2 is 1.35 bits per heavy atom. The third-order valence-electron chi connectivity index (χ3n) is 3.39. The summed E-state index contributed by atoms with van der Waals surface area (Å²) in [7, 11) is 6.57. The Morgan fingerprint density at radius 1 is 0.765 bits per heavy atom. The number of nitrogens with zero attached hydrogens (tertiary/aromatic N) is 2. The Bertz CT molecular complexity index is 166. The Kier molecular flexibility index (Phi) is 9.85. The van der Waals surface area contributed by atoms with Crippen molar-refractivity contribution in [3.8, 4) is 0 Å². The summed E-state index contributed by atoms with van der Waals surface area (Å²) in [6.07, 6.45) is 5.38. The molecule has 1 unspecified atom stereocenters. The molecule has 0 amide bonds. The minimum atomic E-state index is 0.829. The maximum Gasteiger partial charge on any atom is -0.00192 e. The summed E-state index contributed by atoms with van der Waals surface area (Å²) in [5.74, 6) is 1.70. The molecule has 2 heteroatoms. The highest BCUT2D eigenvalue weighted by Gasteiger charge is 2.05. The van der Waals surface area contributed by atoms with Crippen LogP contribution in [0.2, 0.25) is 0 Å². The smallest absolute Gasteiger partial charge is 0.00192 e. The van der Waals surface area contributed by atoms with Crippen molar-refractivity contribution in [1.29, 1.82) is 0 Å².